The van der Waals surface area contributed by atoms with E-state index in [4.69, 9.17) is 4.74 Å². The van der Waals surface area contributed by atoms with Gasteiger partial charge in [-0.2, -0.15) is 0 Å². The van der Waals surface area contributed by atoms with Gasteiger partial charge in [0.25, 0.3) is 5.91 Å². The Morgan fingerprint density at radius 2 is 1.86 bits per heavy atom. The lowest BCUT2D eigenvalue weighted by Crippen LogP contribution is -2.61. The minimum absolute atomic E-state index is 0.0807. The van der Waals surface area contributed by atoms with E-state index >= 15 is 0 Å². The van der Waals surface area contributed by atoms with Crippen LogP contribution in [0.3, 0.4) is 0 Å². The van der Waals surface area contributed by atoms with E-state index in [0.717, 1.165) is 23.1 Å². The minimum atomic E-state index is -1.06. The molecule has 1 atom stereocenters. The third-order valence-electron chi connectivity index (χ3n) is 5.17. The molecule has 2 amide bonds. The number of likely N-dealkylation sites (N-methyl/N-ethyl adjacent to an activating group) is 1. The maximum Gasteiger partial charge on any atom is 0.254 e. The van der Waals surface area contributed by atoms with Crippen molar-refractivity contribution in [1.82, 2.24) is 10.2 Å². The molecule has 5 nitrogen and oxygen atoms in total. The average Bonchev–Trinajstić information content (AvgIpc) is 2.74. The zero-order chi connectivity index (χ0) is 20.0. The fourth-order valence-corrected chi connectivity index (χ4v) is 3.74. The van der Waals surface area contributed by atoms with E-state index in [9.17, 15) is 9.59 Å². The van der Waals surface area contributed by atoms with Crippen LogP contribution in [0.2, 0.25) is 0 Å². The van der Waals surface area contributed by atoms with Crippen molar-refractivity contribution in [3.05, 3.63) is 60.2 Å². The summed E-state index contributed by atoms with van der Waals surface area (Å²) in [4.78, 5) is 27.0. The van der Waals surface area contributed by atoms with E-state index in [-0.39, 0.29) is 18.4 Å². The Balaban J connectivity index is 1.87. The summed E-state index contributed by atoms with van der Waals surface area (Å²) in [5, 5.41) is 2.73. The number of benzene rings is 2. The highest BCUT2D eigenvalue weighted by atomic mass is 16.5. The summed E-state index contributed by atoms with van der Waals surface area (Å²) in [6.07, 6.45) is 1.71. The Morgan fingerprint density at radius 3 is 2.57 bits per heavy atom. The van der Waals surface area contributed by atoms with Crippen molar-refractivity contribution < 1.29 is 14.3 Å². The molecule has 0 aliphatic carbocycles. The number of rotatable bonds is 6. The topological polar surface area (TPSA) is 58.6 Å². The summed E-state index contributed by atoms with van der Waals surface area (Å²) >= 11 is 0. The molecule has 1 aliphatic rings. The first-order chi connectivity index (χ1) is 13.6. The molecule has 148 valence electrons. The summed E-state index contributed by atoms with van der Waals surface area (Å²) in [5.74, 6) is -0.108. The quantitative estimate of drug-likeness (QED) is 0.838. The lowest BCUT2D eigenvalue weighted by atomic mass is 9.89. The number of carbonyl (C=O) groups excluding carboxylic acids is 2. The van der Waals surface area contributed by atoms with Gasteiger partial charge in [0.1, 0.15) is 0 Å². The number of hydrogen-bond donors (Lipinski definition) is 1. The molecule has 1 unspecified atom stereocenters. The van der Waals surface area contributed by atoms with Crippen molar-refractivity contribution in [2.45, 2.75) is 31.8 Å². The van der Waals surface area contributed by atoms with E-state index < -0.39 is 5.60 Å². The highest BCUT2D eigenvalue weighted by molar-refractivity contribution is 5.87. The van der Waals surface area contributed by atoms with E-state index in [0.29, 0.717) is 26.0 Å². The van der Waals surface area contributed by atoms with Crippen LogP contribution in [-0.2, 0) is 20.7 Å². The highest BCUT2D eigenvalue weighted by Gasteiger charge is 2.44. The predicted molar refractivity (Wildman–Crippen MR) is 110 cm³/mol. The first-order valence-electron chi connectivity index (χ1n) is 9.86. The van der Waals surface area contributed by atoms with Crippen molar-refractivity contribution in [2.24, 2.45) is 0 Å². The van der Waals surface area contributed by atoms with Gasteiger partial charge in [-0.3, -0.25) is 9.59 Å². The molecule has 1 heterocycles. The number of nitrogens with one attached hydrogen (secondary N) is 1. The molecule has 3 rings (SSSR count). The number of nitrogens with zero attached hydrogens (tertiary/aromatic N) is 1. The summed E-state index contributed by atoms with van der Waals surface area (Å²) in [5.41, 5.74) is 2.17. The van der Waals surface area contributed by atoms with Gasteiger partial charge < -0.3 is 15.0 Å². The number of morpholine rings is 1. The van der Waals surface area contributed by atoms with Crippen molar-refractivity contribution in [3.63, 3.8) is 0 Å². The van der Waals surface area contributed by atoms with E-state index in [1.807, 2.05) is 37.3 Å². The Kier molecular flexibility index (Phi) is 6.47. The van der Waals surface area contributed by atoms with Gasteiger partial charge in [-0.15, -0.1) is 0 Å². The summed E-state index contributed by atoms with van der Waals surface area (Å²) < 4.78 is 6.02. The molecule has 0 saturated carbocycles. The molecule has 5 heteroatoms. The monoisotopic (exact) mass is 380 g/mol. The number of carbonyl (C=O) groups is 2. The Hall–Kier alpha value is -2.66. The zero-order valence-electron chi connectivity index (χ0n) is 16.6. The van der Waals surface area contributed by atoms with E-state index in [1.54, 1.807) is 11.9 Å². The molecule has 1 aliphatic heterocycles. The fourth-order valence-electron chi connectivity index (χ4n) is 3.74. The Morgan fingerprint density at radius 1 is 1.11 bits per heavy atom. The van der Waals surface area contributed by atoms with Gasteiger partial charge in [-0.1, -0.05) is 61.5 Å². The van der Waals surface area contributed by atoms with E-state index in [1.165, 1.54) is 0 Å². The molecule has 1 N–H and O–H groups in total. The third kappa shape index (κ3) is 4.42. The van der Waals surface area contributed by atoms with Crippen LogP contribution in [-0.4, -0.2) is 49.1 Å². The molecule has 0 bridgehead atoms. The summed E-state index contributed by atoms with van der Waals surface area (Å²) in [6, 6.07) is 18.3. The third-order valence-corrected chi connectivity index (χ3v) is 5.17. The molecule has 2 aromatic carbocycles. The van der Waals surface area contributed by atoms with Gasteiger partial charge in [0.15, 0.2) is 5.60 Å². The lowest BCUT2D eigenvalue weighted by molar-refractivity contribution is -0.165. The molecule has 2 aromatic rings. The largest absolute Gasteiger partial charge is 0.361 e. The SMILES string of the molecule is CCCC(=O)N1CCOC(Cc2cccc(-c3ccccc3)c2)(C(=O)NC)C1. The van der Waals surface area contributed by atoms with Gasteiger partial charge in [0, 0.05) is 26.4 Å². The number of ether oxygens (including phenoxy) is 1. The minimum Gasteiger partial charge on any atom is -0.361 e. The van der Waals surface area contributed by atoms with Crippen molar-refractivity contribution in [3.8, 4) is 11.1 Å². The number of amides is 2. The first kappa shape index (κ1) is 20.1. The summed E-state index contributed by atoms with van der Waals surface area (Å²) in [6.45, 7) is 3.16. The molecular weight excluding hydrogens is 352 g/mol. The first-order valence-corrected chi connectivity index (χ1v) is 9.86. The maximum atomic E-state index is 12.8. The van der Waals surface area contributed by atoms with Crippen LogP contribution in [0.1, 0.15) is 25.3 Å². The molecule has 28 heavy (non-hydrogen) atoms. The second-order valence-corrected chi connectivity index (χ2v) is 7.23. The Labute approximate surface area is 166 Å². The average molecular weight is 380 g/mol. The van der Waals surface area contributed by atoms with Crippen LogP contribution in [0.15, 0.2) is 54.6 Å². The van der Waals surface area contributed by atoms with Crippen LogP contribution >= 0.6 is 0 Å². The molecule has 0 spiro atoms. The fraction of sp³-hybridized carbons (Fsp3) is 0.391. The summed E-state index contributed by atoms with van der Waals surface area (Å²) in [7, 11) is 1.61. The van der Waals surface area contributed by atoms with Gasteiger partial charge in [0.05, 0.1) is 13.2 Å². The van der Waals surface area contributed by atoms with Crippen LogP contribution in [0.25, 0.3) is 11.1 Å². The standard InChI is InChI=1S/C23H28N2O3/c1-3-8-21(26)25-13-14-28-23(17-25,22(27)24-2)16-18-9-7-12-20(15-18)19-10-5-4-6-11-19/h4-7,9-12,15H,3,8,13-14,16-17H2,1-2H3,(H,24,27). The normalized spacial score (nSPS) is 19.3. The molecule has 1 fully saturated rings. The van der Waals surface area contributed by atoms with Crippen molar-refractivity contribution >= 4 is 11.8 Å². The lowest BCUT2D eigenvalue weighted by Gasteiger charge is -2.41. The van der Waals surface area contributed by atoms with Crippen molar-refractivity contribution in [1.29, 1.82) is 0 Å². The van der Waals surface area contributed by atoms with Gasteiger partial charge in [0.2, 0.25) is 5.91 Å². The molecule has 0 radical (unpaired) electrons. The van der Waals surface area contributed by atoms with E-state index in [2.05, 4.69) is 29.6 Å². The molecule has 0 aromatic heterocycles. The second-order valence-electron chi connectivity index (χ2n) is 7.23. The number of hydrogen-bond acceptors (Lipinski definition) is 3. The smallest absolute Gasteiger partial charge is 0.254 e. The zero-order valence-corrected chi connectivity index (χ0v) is 16.6. The molecule has 1 saturated heterocycles. The predicted octanol–water partition coefficient (Wildman–Crippen LogP) is 3.04. The van der Waals surface area contributed by atoms with Gasteiger partial charge in [-0.25, -0.2) is 0 Å². The van der Waals surface area contributed by atoms with Gasteiger partial charge >= 0.3 is 0 Å². The maximum absolute atomic E-state index is 12.8. The molecular formula is C23H28N2O3. The van der Waals surface area contributed by atoms with Crippen LogP contribution < -0.4 is 5.32 Å². The van der Waals surface area contributed by atoms with Crippen molar-refractivity contribution in [2.75, 3.05) is 26.7 Å². The van der Waals surface area contributed by atoms with Crippen LogP contribution in [0, 0.1) is 0 Å². The highest BCUT2D eigenvalue weighted by Crippen LogP contribution is 2.27. The second kappa shape index (κ2) is 9.02. The van der Waals surface area contributed by atoms with Crippen LogP contribution in [0.4, 0.5) is 0 Å². The van der Waals surface area contributed by atoms with Gasteiger partial charge in [-0.05, 0) is 23.1 Å². The Bertz CT molecular complexity index is 822. The van der Waals surface area contributed by atoms with Crippen LogP contribution in [0.5, 0.6) is 0 Å².